The molecule has 0 bridgehead atoms. The first-order valence-electron chi connectivity index (χ1n) is 12.7. The molecule has 10 nitrogen and oxygen atoms in total. The van der Waals surface area contributed by atoms with E-state index in [1.54, 1.807) is 35.4 Å². The molecule has 0 radical (unpaired) electrons. The van der Waals surface area contributed by atoms with E-state index in [-0.39, 0.29) is 36.0 Å². The molecule has 3 aromatic heterocycles. The van der Waals surface area contributed by atoms with Gasteiger partial charge in [0.05, 0.1) is 39.6 Å². The van der Waals surface area contributed by atoms with E-state index in [1.165, 1.54) is 17.7 Å². The largest absolute Gasteiger partial charge is 0.443 e. The number of carbonyl (C=O) groups is 2. The summed E-state index contributed by atoms with van der Waals surface area (Å²) < 4.78 is 7.23. The predicted molar refractivity (Wildman–Crippen MR) is 147 cm³/mol. The Morgan fingerprint density at radius 1 is 1.33 bits per heavy atom. The van der Waals surface area contributed by atoms with Gasteiger partial charge in [0.25, 0.3) is 11.8 Å². The van der Waals surface area contributed by atoms with E-state index >= 15 is 0 Å². The third kappa shape index (κ3) is 5.48. The number of fused-ring (bicyclic) bond motifs is 1. The maximum absolute atomic E-state index is 13.2. The van der Waals surface area contributed by atoms with Crippen molar-refractivity contribution in [1.29, 1.82) is 5.26 Å². The maximum atomic E-state index is 13.2. The van der Waals surface area contributed by atoms with E-state index in [4.69, 9.17) is 4.42 Å². The van der Waals surface area contributed by atoms with Crippen molar-refractivity contribution in [3.63, 3.8) is 0 Å². The highest BCUT2D eigenvalue weighted by atomic mass is 32.1. The number of aliphatic hydroxyl groups is 1. The van der Waals surface area contributed by atoms with E-state index in [0.29, 0.717) is 40.8 Å². The number of nitriles is 1. The number of likely N-dealkylation sites (tertiary alicyclic amines) is 1. The smallest absolute Gasteiger partial charge is 0.268 e. The van der Waals surface area contributed by atoms with Gasteiger partial charge in [-0.2, -0.15) is 5.26 Å². The van der Waals surface area contributed by atoms with Crippen molar-refractivity contribution < 1.29 is 19.1 Å². The molecule has 1 aliphatic rings. The monoisotopic (exact) mass is 544 g/mol. The van der Waals surface area contributed by atoms with Crippen LogP contribution in [0.4, 0.5) is 5.95 Å². The van der Waals surface area contributed by atoms with Gasteiger partial charge in [-0.25, -0.2) is 9.97 Å². The van der Waals surface area contributed by atoms with Crippen LogP contribution in [0.2, 0.25) is 0 Å². The number of nitrogens with one attached hydrogen (secondary N) is 1. The topological polar surface area (TPSA) is 137 Å². The number of thiophene rings is 1. The molecule has 200 valence electrons. The Balaban J connectivity index is 1.45. The first-order chi connectivity index (χ1) is 18.9. The minimum Gasteiger partial charge on any atom is -0.443 e. The molecule has 39 heavy (non-hydrogen) atoms. The lowest BCUT2D eigenvalue weighted by molar-refractivity contribution is -0.127. The van der Waals surface area contributed by atoms with Crippen molar-refractivity contribution in [2.45, 2.75) is 45.9 Å². The van der Waals surface area contributed by atoms with Crippen LogP contribution in [0.5, 0.6) is 0 Å². The van der Waals surface area contributed by atoms with Gasteiger partial charge in [0.1, 0.15) is 11.6 Å². The third-order valence-electron chi connectivity index (χ3n) is 6.61. The molecule has 1 aliphatic heterocycles. The molecule has 11 heteroatoms. The first kappa shape index (κ1) is 26.3. The fourth-order valence-electron chi connectivity index (χ4n) is 4.79. The van der Waals surface area contributed by atoms with E-state index < -0.39 is 0 Å². The van der Waals surface area contributed by atoms with Crippen LogP contribution in [0, 0.1) is 17.2 Å². The average Bonchev–Trinajstić information content (AvgIpc) is 3.73. The third-order valence-corrected chi connectivity index (χ3v) is 7.71. The van der Waals surface area contributed by atoms with Gasteiger partial charge in [0.2, 0.25) is 5.95 Å². The molecular weight excluding hydrogens is 516 g/mol. The van der Waals surface area contributed by atoms with Crippen molar-refractivity contribution in [1.82, 2.24) is 19.4 Å². The number of benzene rings is 1. The van der Waals surface area contributed by atoms with Crippen LogP contribution in [0.3, 0.4) is 0 Å². The molecule has 5 rings (SSSR count). The number of carbonyl (C=O) groups excluding carboxylic acids is 2. The number of rotatable bonds is 8. The molecule has 0 saturated carbocycles. The second kappa shape index (κ2) is 11.2. The van der Waals surface area contributed by atoms with E-state index in [1.807, 2.05) is 30.5 Å². The zero-order valence-electron chi connectivity index (χ0n) is 21.6. The summed E-state index contributed by atoms with van der Waals surface area (Å²) in [5.41, 5.74) is 2.25. The minimum atomic E-state index is -0.323. The normalized spacial score (nSPS) is 15.7. The zero-order chi connectivity index (χ0) is 27.5. The zero-order valence-corrected chi connectivity index (χ0v) is 22.4. The Labute approximate surface area is 229 Å². The van der Waals surface area contributed by atoms with E-state index in [0.717, 1.165) is 23.2 Å². The van der Waals surface area contributed by atoms with Crippen LogP contribution >= 0.6 is 11.3 Å². The molecule has 4 heterocycles. The molecule has 4 aromatic rings. The molecule has 0 spiro atoms. The number of hydrogen-bond donors (Lipinski definition) is 2. The van der Waals surface area contributed by atoms with Gasteiger partial charge < -0.3 is 19.0 Å². The lowest BCUT2D eigenvalue weighted by Gasteiger charge is -2.26. The summed E-state index contributed by atoms with van der Waals surface area (Å²) in [6.07, 6.45) is 6.21. The maximum Gasteiger partial charge on any atom is 0.268 e. The average molecular weight is 545 g/mol. The van der Waals surface area contributed by atoms with E-state index in [9.17, 15) is 20.0 Å². The van der Waals surface area contributed by atoms with Crippen molar-refractivity contribution in [3.8, 4) is 16.7 Å². The molecule has 0 aliphatic carbocycles. The van der Waals surface area contributed by atoms with Gasteiger partial charge in [-0.1, -0.05) is 26.0 Å². The molecule has 2 N–H and O–H groups in total. The van der Waals surface area contributed by atoms with E-state index in [2.05, 4.69) is 21.4 Å². The molecule has 0 unspecified atom stereocenters. The SMILES string of the molecule is CC(C)/C=C(\C#N)C(=O)N1CCC[C@@H]1Cn1c(NC(=O)c2ccc(-c3cnco3)s2)nc2cc(CO)ccc21. The van der Waals surface area contributed by atoms with Gasteiger partial charge in [-0.15, -0.1) is 11.3 Å². The lowest BCUT2D eigenvalue weighted by Crippen LogP contribution is -2.39. The summed E-state index contributed by atoms with van der Waals surface area (Å²) in [4.78, 5) is 38.1. The predicted octanol–water partition coefficient (Wildman–Crippen LogP) is 4.59. The second-order valence-electron chi connectivity index (χ2n) is 9.74. The summed E-state index contributed by atoms with van der Waals surface area (Å²) in [5.74, 6) is 0.404. The summed E-state index contributed by atoms with van der Waals surface area (Å²) in [6, 6.07) is 10.9. The highest BCUT2D eigenvalue weighted by Gasteiger charge is 2.32. The number of hydrogen-bond acceptors (Lipinski definition) is 8. The standard InChI is InChI=1S/C28H28N6O4S/c1-17(2)10-19(12-29)27(37)33-9-3-4-20(33)14-34-22-6-5-18(15-35)11-21(22)31-28(34)32-26(36)25-8-7-24(39-25)23-13-30-16-38-23/h5-8,10-11,13,16-17,20,35H,3-4,9,14-15H2,1-2H3,(H,31,32,36)/b19-10+/t20-/m1/s1. The van der Waals surface area contributed by atoms with Crippen LogP contribution in [-0.2, 0) is 17.9 Å². The molecular formula is C28H28N6O4S. The number of allylic oxidation sites excluding steroid dienone is 1. The van der Waals surface area contributed by atoms with Gasteiger partial charge in [-0.05, 0) is 48.6 Å². The van der Waals surface area contributed by atoms with Gasteiger partial charge in [-0.3, -0.25) is 14.9 Å². The second-order valence-corrected chi connectivity index (χ2v) is 10.8. The van der Waals surface area contributed by atoms with Crippen LogP contribution in [-0.4, -0.2) is 48.9 Å². The van der Waals surface area contributed by atoms with Crippen LogP contribution < -0.4 is 5.32 Å². The number of aromatic nitrogens is 3. The Morgan fingerprint density at radius 3 is 2.90 bits per heavy atom. The highest BCUT2D eigenvalue weighted by Crippen LogP contribution is 2.30. The minimum absolute atomic E-state index is 0.0756. The first-order valence-corrected chi connectivity index (χ1v) is 13.5. The summed E-state index contributed by atoms with van der Waals surface area (Å²) in [7, 11) is 0. The number of amides is 2. The summed E-state index contributed by atoms with van der Waals surface area (Å²) >= 11 is 1.28. The number of aliphatic hydroxyl groups excluding tert-OH is 1. The fraction of sp³-hybridized carbons (Fsp3) is 0.321. The molecule has 1 fully saturated rings. The molecule has 1 saturated heterocycles. The van der Waals surface area contributed by atoms with Gasteiger partial charge in [0.15, 0.2) is 12.2 Å². The Morgan fingerprint density at radius 2 is 2.18 bits per heavy atom. The molecule has 2 amide bonds. The highest BCUT2D eigenvalue weighted by molar-refractivity contribution is 7.17. The van der Waals surface area contributed by atoms with Crippen molar-refractivity contribution in [2.75, 3.05) is 11.9 Å². The van der Waals surface area contributed by atoms with Crippen molar-refractivity contribution in [2.24, 2.45) is 5.92 Å². The fourth-order valence-corrected chi connectivity index (χ4v) is 5.65. The Hall–Kier alpha value is -4.27. The number of imidazole rings is 1. The van der Waals surface area contributed by atoms with Crippen molar-refractivity contribution >= 4 is 40.1 Å². The number of nitrogens with zero attached hydrogens (tertiary/aromatic N) is 5. The number of anilines is 1. The van der Waals surface area contributed by atoms with Gasteiger partial charge in [0, 0.05) is 13.1 Å². The van der Waals surface area contributed by atoms with Crippen molar-refractivity contribution in [3.05, 3.63) is 65.0 Å². The quantitative estimate of drug-likeness (QED) is 0.244. The summed E-state index contributed by atoms with van der Waals surface area (Å²) in [5, 5.41) is 22.2. The Bertz CT molecular complexity index is 1580. The lowest BCUT2D eigenvalue weighted by atomic mass is 10.1. The molecule has 1 aromatic carbocycles. The number of oxazole rings is 1. The van der Waals surface area contributed by atoms with Crippen LogP contribution in [0.25, 0.3) is 21.7 Å². The molecule has 1 atom stereocenters. The van der Waals surface area contributed by atoms with Gasteiger partial charge >= 0.3 is 0 Å². The van der Waals surface area contributed by atoms with Crippen LogP contribution in [0.1, 0.15) is 41.9 Å². The summed E-state index contributed by atoms with van der Waals surface area (Å²) in [6.45, 7) is 4.69. The van der Waals surface area contributed by atoms with Crippen LogP contribution in [0.15, 0.2) is 59.0 Å². The Kier molecular flexibility index (Phi) is 7.58.